The molecule has 190 valence electrons. The molecule has 0 spiro atoms. The van der Waals surface area contributed by atoms with E-state index >= 15 is 0 Å². The van der Waals surface area contributed by atoms with E-state index in [0.29, 0.717) is 26.2 Å². The van der Waals surface area contributed by atoms with Crippen LogP contribution < -0.4 is 5.32 Å². The zero-order valence-corrected chi connectivity index (χ0v) is 20.2. The van der Waals surface area contributed by atoms with Crippen molar-refractivity contribution in [2.75, 3.05) is 31.5 Å². The molecule has 1 saturated heterocycles. The van der Waals surface area contributed by atoms with Gasteiger partial charge < -0.3 is 10.2 Å². The summed E-state index contributed by atoms with van der Waals surface area (Å²) in [6, 6.07) is 15.4. The highest BCUT2D eigenvalue weighted by Gasteiger charge is 2.47. The third-order valence-electron chi connectivity index (χ3n) is 7.17. The molecular weight excluding hydrogens is 467 g/mol. The molecule has 2 aromatic carbocycles. The minimum Gasteiger partial charge on any atom is -0.363 e. The smallest absolute Gasteiger partial charge is 0.363 e. The SMILES string of the molecule is CCc1ccc([C@H]2C[C@H](C(F)(F)F)n3ncc(C(=O)N4CCN(Cc5ccccc5)CC4)c3N2)cc1. The quantitative estimate of drug-likeness (QED) is 0.535. The van der Waals surface area contributed by atoms with Gasteiger partial charge in [-0.25, -0.2) is 4.68 Å². The molecule has 9 heteroatoms. The number of fused-ring (bicyclic) bond motifs is 1. The summed E-state index contributed by atoms with van der Waals surface area (Å²) in [5.74, 6) is -0.143. The first kappa shape index (κ1) is 24.4. The average Bonchev–Trinajstić information content (AvgIpc) is 3.32. The van der Waals surface area contributed by atoms with Crippen LogP contribution in [0.3, 0.4) is 0 Å². The van der Waals surface area contributed by atoms with Gasteiger partial charge in [-0.15, -0.1) is 0 Å². The number of halogens is 3. The van der Waals surface area contributed by atoms with Crippen LogP contribution in [0, 0.1) is 0 Å². The van der Waals surface area contributed by atoms with Crippen molar-refractivity contribution in [2.24, 2.45) is 0 Å². The van der Waals surface area contributed by atoms with Crippen LogP contribution in [-0.4, -0.2) is 57.8 Å². The Balaban J connectivity index is 1.34. The number of carbonyl (C=O) groups excluding carboxylic acids is 1. The molecule has 3 heterocycles. The number of aromatic nitrogens is 2. The number of amides is 1. The predicted molar refractivity (Wildman–Crippen MR) is 132 cm³/mol. The number of piperazine rings is 1. The highest BCUT2D eigenvalue weighted by Crippen LogP contribution is 2.44. The Labute approximate surface area is 208 Å². The molecule has 0 bridgehead atoms. The number of alkyl halides is 3. The number of anilines is 1. The van der Waals surface area contributed by atoms with Crippen molar-refractivity contribution in [2.45, 2.75) is 44.6 Å². The Morgan fingerprint density at radius 3 is 2.33 bits per heavy atom. The lowest BCUT2D eigenvalue weighted by molar-refractivity contribution is -0.173. The molecule has 0 unspecified atom stereocenters. The van der Waals surface area contributed by atoms with E-state index in [1.54, 1.807) is 4.90 Å². The Hall–Kier alpha value is -3.33. The van der Waals surface area contributed by atoms with Crippen LogP contribution in [0.4, 0.5) is 19.0 Å². The molecule has 1 aromatic heterocycles. The van der Waals surface area contributed by atoms with Gasteiger partial charge in [-0.2, -0.15) is 18.3 Å². The standard InChI is InChI=1S/C27H30F3N5O/c1-2-19-8-10-21(11-9-19)23-16-24(27(28,29)30)35-25(32-23)22(17-31-35)26(36)34-14-12-33(13-15-34)18-20-6-4-3-5-7-20/h3-11,17,23-24,32H,2,12-16,18H2,1H3/t23-,24-/m1/s1. The molecular formula is C27H30F3N5O. The average molecular weight is 498 g/mol. The molecule has 2 aliphatic heterocycles. The van der Waals surface area contributed by atoms with Crippen molar-refractivity contribution in [3.63, 3.8) is 0 Å². The van der Waals surface area contributed by atoms with Gasteiger partial charge in [0, 0.05) is 39.1 Å². The fourth-order valence-electron chi connectivity index (χ4n) is 5.04. The number of rotatable bonds is 5. The molecule has 0 saturated carbocycles. The first-order valence-electron chi connectivity index (χ1n) is 12.4. The fourth-order valence-corrected chi connectivity index (χ4v) is 5.04. The monoisotopic (exact) mass is 497 g/mol. The summed E-state index contributed by atoms with van der Waals surface area (Å²) in [6.45, 7) is 5.27. The minimum absolute atomic E-state index is 0.143. The van der Waals surface area contributed by atoms with Crippen molar-refractivity contribution in [1.82, 2.24) is 19.6 Å². The Morgan fingerprint density at radius 2 is 1.69 bits per heavy atom. The summed E-state index contributed by atoms with van der Waals surface area (Å²) in [6.07, 6.45) is -2.53. The van der Waals surface area contributed by atoms with E-state index in [1.165, 1.54) is 11.8 Å². The molecule has 2 aliphatic rings. The Bertz CT molecular complexity index is 1180. The molecule has 3 aromatic rings. The van der Waals surface area contributed by atoms with Crippen LogP contribution in [0.2, 0.25) is 0 Å². The molecule has 2 atom stereocenters. The van der Waals surface area contributed by atoms with Crippen LogP contribution in [-0.2, 0) is 13.0 Å². The van der Waals surface area contributed by atoms with Crippen molar-refractivity contribution >= 4 is 11.7 Å². The summed E-state index contributed by atoms with van der Waals surface area (Å²) in [5.41, 5.74) is 3.29. The molecule has 0 aliphatic carbocycles. The van der Waals surface area contributed by atoms with Crippen molar-refractivity contribution < 1.29 is 18.0 Å². The van der Waals surface area contributed by atoms with Gasteiger partial charge in [-0.1, -0.05) is 61.5 Å². The second kappa shape index (κ2) is 9.97. The first-order valence-corrected chi connectivity index (χ1v) is 12.4. The number of nitrogens with zero attached hydrogens (tertiary/aromatic N) is 4. The second-order valence-electron chi connectivity index (χ2n) is 9.49. The van der Waals surface area contributed by atoms with Gasteiger partial charge in [-0.3, -0.25) is 9.69 Å². The van der Waals surface area contributed by atoms with E-state index in [9.17, 15) is 18.0 Å². The van der Waals surface area contributed by atoms with Crippen molar-refractivity contribution in [3.8, 4) is 0 Å². The van der Waals surface area contributed by atoms with Gasteiger partial charge in [0.05, 0.1) is 12.2 Å². The summed E-state index contributed by atoms with van der Waals surface area (Å²) in [5, 5.41) is 7.23. The third kappa shape index (κ3) is 4.97. The molecule has 1 N–H and O–H groups in total. The maximum absolute atomic E-state index is 14.0. The minimum atomic E-state index is -4.48. The third-order valence-corrected chi connectivity index (χ3v) is 7.17. The molecule has 5 rings (SSSR count). The first-order chi connectivity index (χ1) is 17.3. The maximum Gasteiger partial charge on any atom is 0.410 e. The van der Waals surface area contributed by atoms with Crippen LogP contribution in [0.15, 0.2) is 60.8 Å². The second-order valence-corrected chi connectivity index (χ2v) is 9.49. The summed E-state index contributed by atoms with van der Waals surface area (Å²) >= 11 is 0. The van der Waals surface area contributed by atoms with E-state index in [4.69, 9.17) is 0 Å². The lowest BCUT2D eigenvalue weighted by Gasteiger charge is -2.36. The highest BCUT2D eigenvalue weighted by atomic mass is 19.4. The fraction of sp³-hybridized carbons (Fsp3) is 0.407. The zero-order chi connectivity index (χ0) is 25.3. The van der Waals surface area contributed by atoms with Crippen LogP contribution >= 0.6 is 0 Å². The number of carbonyl (C=O) groups is 1. The van der Waals surface area contributed by atoms with Gasteiger partial charge in [0.1, 0.15) is 11.4 Å². The number of benzene rings is 2. The predicted octanol–water partition coefficient (Wildman–Crippen LogP) is 5.06. The summed E-state index contributed by atoms with van der Waals surface area (Å²) in [7, 11) is 0. The van der Waals surface area contributed by atoms with Gasteiger partial charge >= 0.3 is 6.18 Å². The Kier molecular flexibility index (Phi) is 6.75. The lowest BCUT2D eigenvalue weighted by atomic mass is 9.95. The normalized spacial score (nSPS) is 20.6. The van der Waals surface area contributed by atoms with E-state index in [2.05, 4.69) is 27.4 Å². The molecule has 0 radical (unpaired) electrons. The summed E-state index contributed by atoms with van der Waals surface area (Å²) in [4.78, 5) is 17.4. The van der Waals surface area contributed by atoms with E-state index in [-0.39, 0.29) is 23.7 Å². The topological polar surface area (TPSA) is 53.4 Å². The zero-order valence-electron chi connectivity index (χ0n) is 20.2. The van der Waals surface area contributed by atoms with E-state index < -0.39 is 18.3 Å². The number of aryl methyl sites for hydroxylation is 1. The van der Waals surface area contributed by atoms with Gasteiger partial charge in [0.15, 0.2) is 6.04 Å². The molecule has 36 heavy (non-hydrogen) atoms. The van der Waals surface area contributed by atoms with Gasteiger partial charge in [0.2, 0.25) is 0 Å². The van der Waals surface area contributed by atoms with E-state index in [0.717, 1.165) is 28.8 Å². The number of nitrogens with one attached hydrogen (secondary N) is 1. The summed E-state index contributed by atoms with van der Waals surface area (Å²) < 4.78 is 43.0. The maximum atomic E-state index is 14.0. The van der Waals surface area contributed by atoms with Gasteiger partial charge in [-0.05, 0) is 23.1 Å². The molecule has 1 amide bonds. The number of hydrogen-bond acceptors (Lipinski definition) is 4. The van der Waals surface area contributed by atoms with Gasteiger partial charge in [0.25, 0.3) is 5.91 Å². The number of hydrogen-bond donors (Lipinski definition) is 1. The molecule has 1 fully saturated rings. The van der Waals surface area contributed by atoms with E-state index in [1.807, 2.05) is 49.4 Å². The van der Waals surface area contributed by atoms with Crippen molar-refractivity contribution in [3.05, 3.63) is 83.0 Å². The molecule has 6 nitrogen and oxygen atoms in total. The highest BCUT2D eigenvalue weighted by molar-refractivity contribution is 5.99. The van der Waals surface area contributed by atoms with Crippen molar-refractivity contribution in [1.29, 1.82) is 0 Å². The van der Waals surface area contributed by atoms with Crippen LogP contribution in [0.5, 0.6) is 0 Å². The Morgan fingerprint density at radius 1 is 1.00 bits per heavy atom. The lowest BCUT2D eigenvalue weighted by Crippen LogP contribution is -2.48. The van der Waals surface area contributed by atoms with Crippen LogP contribution in [0.25, 0.3) is 0 Å². The largest absolute Gasteiger partial charge is 0.410 e. The van der Waals surface area contributed by atoms with Crippen LogP contribution in [0.1, 0.15) is 52.5 Å².